The minimum absolute atomic E-state index is 0. The van der Waals surface area contributed by atoms with Gasteiger partial charge in [-0.15, -0.1) is 0 Å². The van der Waals surface area contributed by atoms with Crippen molar-refractivity contribution < 1.29 is 50.2 Å². The van der Waals surface area contributed by atoms with Crippen LogP contribution in [0.15, 0.2) is 0 Å². The Morgan fingerprint density at radius 1 is 1.33 bits per heavy atom. The Kier molecular flexibility index (Phi) is 15.2. The van der Waals surface area contributed by atoms with Crippen LogP contribution in [-0.4, -0.2) is 14.7 Å². The summed E-state index contributed by atoms with van der Waals surface area (Å²) in [6.45, 7) is 0. The average Bonchev–Trinajstić information content (AvgIpc) is 1.27. The van der Waals surface area contributed by atoms with E-state index in [2.05, 4.69) is 0 Å². The van der Waals surface area contributed by atoms with Crippen molar-refractivity contribution in [3.63, 3.8) is 0 Å². The van der Waals surface area contributed by atoms with Crippen LogP contribution in [0.4, 0.5) is 0 Å². The first-order chi connectivity index (χ1) is 3.41. The summed E-state index contributed by atoms with van der Waals surface area (Å²) >= 11 is 0. The molecule has 0 bridgehead atoms. The summed E-state index contributed by atoms with van der Waals surface area (Å²) in [6.07, 6.45) is 0. The predicted octanol–water partition coefficient (Wildman–Crippen LogP) is -3.70. The van der Waals surface area contributed by atoms with Gasteiger partial charge in [-0.25, -0.2) is 4.57 Å². The molecule has 5 N–H and O–H groups in total. The predicted molar refractivity (Wildman–Crippen MR) is 22.9 cm³/mol. The number of hydrogen-bond donors (Lipinski definition) is 5. The Labute approximate surface area is 74.1 Å². The summed E-state index contributed by atoms with van der Waals surface area (Å²) in [7, 11) is -4.64. The molecular formula is H6N3NaO4P+. The summed E-state index contributed by atoms with van der Waals surface area (Å²) in [6, 6.07) is 0. The van der Waals surface area contributed by atoms with Crippen LogP contribution < -0.4 is 34.5 Å². The maximum Gasteiger partial charge on any atom is 1.00 e. The molecule has 0 aromatic heterocycles. The number of nitrogens with one attached hydrogen (secondary N) is 2. The van der Waals surface area contributed by atoms with E-state index in [1.54, 1.807) is 0 Å². The second-order valence-electron chi connectivity index (χ2n) is 0.625. The second-order valence-corrected chi connectivity index (χ2v) is 1.65. The summed E-state index contributed by atoms with van der Waals surface area (Å²) in [4.78, 5) is 23.6. The van der Waals surface area contributed by atoms with Crippen LogP contribution in [0.25, 0.3) is 0 Å². The van der Waals surface area contributed by atoms with Crippen LogP contribution in [0.3, 0.4) is 0 Å². The molecule has 0 amide bonds. The van der Waals surface area contributed by atoms with E-state index < -0.39 is 7.82 Å². The Bertz CT molecular complexity index is 118. The van der Waals surface area contributed by atoms with Gasteiger partial charge >= 0.3 is 37.4 Å². The molecule has 0 heterocycles. The fourth-order valence-corrected chi connectivity index (χ4v) is 0. The molecule has 0 aromatic carbocycles. The average molecular weight is 166 g/mol. The molecular weight excluding hydrogens is 160 g/mol. The summed E-state index contributed by atoms with van der Waals surface area (Å²) in [5, 5.41) is 0. The zero-order valence-electron chi connectivity index (χ0n) is 5.64. The van der Waals surface area contributed by atoms with Gasteiger partial charge in [-0.2, -0.15) is 0 Å². The van der Waals surface area contributed by atoms with E-state index in [-0.39, 0.29) is 31.0 Å². The third-order valence-electron chi connectivity index (χ3n) is 0. The molecule has 0 aliphatic heterocycles. The van der Waals surface area contributed by atoms with Crippen LogP contribution >= 0.6 is 7.82 Å². The van der Waals surface area contributed by atoms with Gasteiger partial charge in [-0.05, 0) is 0 Å². The van der Waals surface area contributed by atoms with E-state index in [4.69, 9.17) is 30.3 Å². The third-order valence-corrected chi connectivity index (χ3v) is 0. The fraction of sp³-hybridized carbons (Fsp3) is 0. The van der Waals surface area contributed by atoms with Crippen LogP contribution in [0.5, 0.6) is 0 Å². The molecule has 7 nitrogen and oxygen atoms in total. The first-order valence-corrected chi connectivity index (χ1v) is 2.79. The molecule has 0 rings (SSSR count). The van der Waals surface area contributed by atoms with Crippen molar-refractivity contribution in [1.29, 1.82) is 11.1 Å². The van der Waals surface area contributed by atoms with Gasteiger partial charge in [0, 0.05) is 0 Å². The maximum absolute atomic E-state index is 8.88. The molecule has 0 unspecified atom stereocenters. The van der Waals surface area contributed by atoms with Crippen LogP contribution in [-0.2, 0) is 4.57 Å². The van der Waals surface area contributed by atoms with Gasteiger partial charge in [0.25, 0.3) is 0 Å². The SMILES string of the molecule is N=[N+]=N.O=P(O)(O)O.[H-].[Na+]. The first kappa shape index (κ1) is 16.2. The van der Waals surface area contributed by atoms with Gasteiger partial charge in [0.15, 0.2) is 0 Å². The Hall–Kier alpha value is 0.420. The standard InChI is InChI=1S/H2N3.Na.H3O4P.H/c1-3-2;;1-5(2,3)4;/h1-2H;;(H3,1,2,3,4);/q2*+1;;-1. The van der Waals surface area contributed by atoms with E-state index in [1.807, 2.05) is 4.91 Å². The van der Waals surface area contributed by atoms with Gasteiger partial charge in [-0.1, -0.05) is 0 Å². The van der Waals surface area contributed by atoms with Crippen molar-refractivity contribution in [3.8, 4) is 0 Å². The molecule has 9 heavy (non-hydrogen) atoms. The molecule has 0 saturated heterocycles. The van der Waals surface area contributed by atoms with Crippen LogP contribution in [0.1, 0.15) is 1.43 Å². The molecule has 0 fully saturated rings. The normalized spacial score (nSPS) is 7.44. The molecule has 0 atom stereocenters. The van der Waals surface area contributed by atoms with Gasteiger partial charge in [0.05, 0.1) is 0 Å². The largest absolute Gasteiger partial charge is 1.00 e. The number of hydrogen-bond acceptors (Lipinski definition) is 3. The van der Waals surface area contributed by atoms with E-state index in [0.29, 0.717) is 0 Å². The molecule has 0 saturated carbocycles. The second kappa shape index (κ2) is 8.42. The molecule has 0 spiro atoms. The molecule has 9 heteroatoms. The van der Waals surface area contributed by atoms with E-state index in [9.17, 15) is 0 Å². The van der Waals surface area contributed by atoms with Crippen molar-refractivity contribution in [1.82, 2.24) is 4.91 Å². The van der Waals surface area contributed by atoms with Gasteiger partial charge in [-0.3, -0.25) is 0 Å². The van der Waals surface area contributed by atoms with Crippen molar-refractivity contribution in [3.05, 3.63) is 0 Å². The number of phosphoric acid groups is 1. The van der Waals surface area contributed by atoms with E-state index in [0.717, 1.165) is 0 Å². The smallest absolute Gasteiger partial charge is 1.00 e. The maximum atomic E-state index is 8.88. The van der Waals surface area contributed by atoms with Crippen molar-refractivity contribution in [2.24, 2.45) is 0 Å². The monoisotopic (exact) mass is 166 g/mol. The Morgan fingerprint density at radius 2 is 1.33 bits per heavy atom. The summed E-state index contributed by atoms with van der Waals surface area (Å²) in [5.74, 6) is 0. The Morgan fingerprint density at radius 3 is 1.33 bits per heavy atom. The summed E-state index contributed by atoms with van der Waals surface area (Å²) < 4.78 is 8.88. The first-order valence-electron chi connectivity index (χ1n) is 1.23. The topological polar surface area (TPSA) is 140 Å². The molecule has 0 radical (unpaired) electrons. The van der Waals surface area contributed by atoms with Crippen molar-refractivity contribution in [2.75, 3.05) is 0 Å². The molecule has 0 aromatic rings. The van der Waals surface area contributed by atoms with E-state index in [1.165, 1.54) is 0 Å². The number of rotatable bonds is 0. The summed E-state index contributed by atoms with van der Waals surface area (Å²) in [5.41, 5.74) is 11.0. The molecule has 50 valence electrons. The van der Waals surface area contributed by atoms with Crippen molar-refractivity contribution in [2.45, 2.75) is 0 Å². The van der Waals surface area contributed by atoms with Crippen LogP contribution in [0, 0.1) is 11.1 Å². The van der Waals surface area contributed by atoms with Gasteiger partial charge in [0.1, 0.15) is 11.1 Å². The van der Waals surface area contributed by atoms with Gasteiger partial charge < -0.3 is 16.1 Å². The third kappa shape index (κ3) is 1970. The molecule has 0 aliphatic rings. The number of nitrogens with zero attached hydrogens (tertiary/aromatic N) is 1. The van der Waals surface area contributed by atoms with Crippen LogP contribution in [0.2, 0.25) is 0 Å². The van der Waals surface area contributed by atoms with Gasteiger partial charge in [0.2, 0.25) is 4.91 Å². The minimum Gasteiger partial charge on any atom is -1.00 e. The zero-order chi connectivity index (χ0) is 7.21. The quantitative estimate of drug-likeness (QED) is 0.109. The Balaban J connectivity index is -0.0000000326. The van der Waals surface area contributed by atoms with Crippen molar-refractivity contribution >= 4 is 7.82 Å². The minimum atomic E-state index is -4.64. The molecule has 0 aliphatic carbocycles. The zero-order valence-corrected chi connectivity index (χ0v) is 7.54. The van der Waals surface area contributed by atoms with E-state index >= 15 is 0 Å². The fourth-order valence-electron chi connectivity index (χ4n) is 0.